The van der Waals surface area contributed by atoms with E-state index in [1.54, 1.807) is 11.3 Å². The van der Waals surface area contributed by atoms with Crippen molar-refractivity contribution in [1.29, 1.82) is 0 Å². The van der Waals surface area contributed by atoms with Crippen LogP contribution in [-0.4, -0.2) is 19.0 Å². The summed E-state index contributed by atoms with van der Waals surface area (Å²) < 4.78 is 41.3. The summed E-state index contributed by atoms with van der Waals surface area (Å²) in [5, 5.41) is 8.95. The maximum atomic E-state index is 9.75. The number of hydrogen-bond acceptors (Lipinski definition) is 2. The first-order valence-corrected chi connectivity index (χ1v) is 8.62. The summed E-state index contributed by atoms with van der Waals surface area (Å²) in [7, 11) is -6.00. The maximum absolute atomic E-state index is 9.75. The number of nitrogens with zero attached hydrogens (tertiary/aromatic N) is 1. The van der Waals surface area contributed by atoms with Gasteiger partial charge in [0.1, 0.15) is 6.54 Å². The van der Waals surface area contributed by atoms with E-state index in [0.717, 1.165) is 13.0 Å². The van der Waals surface area contributed by atoms with Gasteiger partial charge in [-0.1, -0.05) is 43.9 Å². The molecule has 2 nitrogen and oxygen atoms in total. The predicted octanol–water partition coefficient (Wildman–Crippen LogP) is 4.54. The van der Waals surface area contributed by atoms with Crippen molar-refractivity contribution >= 4 is 18.6 Å². The quantitative estimate of drug-likeness (QED) is 0.303. The highest BCUT2D eigenvalue weighted by molar-refractivity contribution is 7.09. The van der Waals surface area contributed by atoms with Crippen molar-refractivity contribution in [1.82, 2.24) is 0 Å². The van der Waals surface area contributed by atoms with Gasteiger partial charge in [-0.15, -0.1) is 0 Å². The second-order valence-corrected chi connectivity index (χ2v) is 6.10. The van der Waals surface area contributed by atoms with Crippen LogP contribution in [-0.2, 0) is 13.0 Å². The predicted molar refractivity (Wildman–Crippen MR) is 83.6 cm³/mol. The van der Waals surface area contributed by atoms with Gasteiger partial charge in [0.25, 0.3) is 0 Å². The van der Waals surface area contributed by atoms with Gasteiger partial charge in [-0.2, -0.15) is 4.57 Å². The SMILES string of the molecule is CCCCCCCC[n+]1csc(CCO)c1C.F[B-](F)(F)F. The minimum absolute atomic E-state index is 0.262. The zero-order valence-corrected chi connectivity index (χ0v) is 14.1. The fraction of sp³-hybridized carbons (Fsp3) is 0.786. The summed E-state index contributed by atoms with van der Waals surface area (Å²) in [6.45, 7) is 5.82. The molecule has 0 spiro atoms. The molecule has 0 aliphatic carbocycles. The largest absolute Gasteiger partial charge is 0.673 e. The van der Waals surface area contributed by atoms with Crippen LogP contribution in [0.15, 0.2) is 5.51 Å². The molecule has 0 saturated heterocycles. The molecule has 0 fully saturated rings. The van der Waals surface area contributed by atoms with Crippen LogP contribution in [0.3, 0.4) is 0 Å². The molecule has 0 amide bonds. The van der Waals surface area contributed by atoms with Gasteiger partial charge in [0.05, 0.1) is 4.88 Å². The van der Waals surface area contributed by atoms with E-state index in [-0.39, 0.29) is 6.61 Å². The third-order valence-corrected chi connectivity index (χ3v) is 4.39. The highest BCUT2D eigenvalue weighted by atomic mass is 32.1. The summed E-state index contributed by atoms with van der Waals surface area (Å²) >= 11 is 1.78. The Labute approximate surface area is 134 Å². The molecule has 0 saturated carbocycles. The van der Waals surface area contributed by atoms with Crippen LogP contribution in [0.4, 0.5) is 17.3 Å². The molecule has 0 aliphatic heterocycles. The molecular formula is C14H26BF4NOS. The Balaban J connectivity index is 0.000000763. The molecule has 0 radical (unpaired) electrons. The van der Waals surface area contributed by atoms with Gasteiger partial charge in [0, 0.05) is 26.4 Å². The Morgan fingerprint density at radius 2 is 1.64 bits per heavy atom. The van der Waals surface area contributed by atoms with E-state index < -0.39 is 7.25 Å². The number of halogens is 4. The number of thiazole rings is 1. The zero-order chi connectivity index (χ0) is 17.0. The van der Waals surface area contributed by atoms with Crippen molar-refractivity contribution < 1.29 is 26.9 Å². The molecule has 1 aromatic heterocycles. The second kappa shape index (κ2) is 11.9. The summed E-state index contributed by atoms with van der Waals surface area (Å²) in [5.41, 5.74) is 3.55. The molecule has 130 valence electrons. The Morgan fingerprint density at radius 3 is 2.18 bits per heavy atom. The van der Waals surface area contributed by atoms with E-state index in [1.165, 1.54) is 49.1 Å². The van der Waals surface area contributed by atoms with Gasteiger partial charge >= 0.3 is 7.25 Å². The number of aryl methyl sites for hydroxylation is 1. The lowest BCUT2D eigenvalue weighted by Gasteiger charge is -1.98. The first-order chi connectivity index (χ1) is 10.3. The van der Waals surface area contributed by atoms with Crippen molar-refractivity contribution in [3.63, 3.8) is 0 Å². The average Bonchev–Trinajstić information content (AvgIpc) is 2.74. The van der Waals surface area contributed by atoms with Crippen LogP contribution in [0, 0.1) is 6.92 Å². The molecule has 0 atom stereocenters. The van der Waals surface area contributed by atoms with E-state index in [2.05, 4.69) is 23.9 Å². The molecule has 0 aromatic carbocycles. The van der Waals surface area contributed by atoms with Crippen molar-refractivity contribution in [3.05, 3.63) is 16.1 Å². The molecule has 1 rings (SSSR count). The van der Waals surface area contributed by atoms with E-state index >= 15 is 0 Å². The number of rotatable bonds is 9. The molecule has 1 aromatic rings. The molecule has 1 N–H and O–H groups in total. The molecule has 0 unspecified atom stereocenters. The smallest absolute Gasteiger partial charge is 0.418 e. The maximum Gasteiger partial charge on any atom is 0.673 e. The first-order valence-electron chi connectivity index (χ1n) is 7.74. The number of aromatic nitrogens is 1. The monoisotopic (exact) mass is 343 g/mol. The number of hydrogen-bond donors (Lipinski definition) is 1. The molecule has 0 aliphatic rings. The highest BCUT2D eigenvalue weighted by Gasteiger charge is 2.20. The third kappa shape index (κ3) is 12.0. The van der Waals surface area contributed by atoms with Crippen LogP contribution >= 0.6 is 11.3 Å². The fourth-order valence-electron chi connectivity index (χ4n) is 2.08. The van der Waals surface area contributed by atoms with Crippen LogP contribution in [0.25, 0.3) is 0 Å². The van der Waals surface area contributed by atoms with Crippen molar-refractivity contribution in [2.75, 3.05) is 6.61 Å². The van der Waals surface area contributed by atoms with E-state index in [0.29, 0.717) is 0 Å². The van der Waals surface area contributed by atoms with Gasteiger partial charge < -0.3 is 22.4 Å². The summed E-state index contributed by atoms with van der Waals surface area (Å²) in [6.07, 6.45) is 8.90. The topological polar surface area (TPSA) is 24.1 Å². The molecule has 1 heterocycles. The molecule has 0 bridgehead atoms. The number of aliphatic hydroxyl groups excluding tert-OH is 1. The van der Waals surface area contributed by atoms with Gasteiger partial charge in [-0.3, -0.25) is 0 Å². The minimum atomic E-state index is -6.00. The van der Waals surface area contributed by atoms with Crippen LogP contribution < -0.4 is 4.57 Å². The van der Waals surface area contributed by atoms with E-state index in [1.807, 2.05) is 0 Å². The van der Waals surface area contributed by atoms with Gasteiger partial charge in [0.15, 0.2) is 5.69 Å². The molecular weight excluding hydrogens is 317 g/mol. The van der Waals surface area contributed by atoms with Crippen LogP contribution in [0.1, 0.15) is 56.0 Å². The van der Waals surface area contributed by atoms with Gasteiger partial charge in [0.2, 0.25) is 5.51 Å². The zero-order valence-electron chi connectivity index (χ0n) is 13.3. The fourth-order valence-corrected chi connectivity index (χ4v) is 3.09. The van der Waals surface area contributed by atoms with Crippen LogP contribution in [0.5, 0.6) is 0 Å². The Kier molecular flexibility index (Phi) is 11.5. The summed E-state index contributed by atoms with van der Waals surface area (Å²) in [5.74, 6) is 0. The average molecular weight is 343 g/mol. The first kappa shape index (κ1) is 21.4. The standard InChI is InChI=1S/C14H26NOS.BF4/c1-3-4-5-6-7-8-10-15-12-17-14(9-11-16)13(15)2;2-1(3,4)5/h12,16H,3-11H2,1-2H3;/q+1;-1. The Hall–Kier alpha value is -0.625. The summed E-state index contributed by atoms with van der Waals surface area (Å²) in [4.78, 5) is 1.33. The highest BCUT2D eigenvalue weighted by Crippen LogP contribution is 2.12. The second-order valence-electron chi connectivity index (χ2n) is 5.16. The Morgan fingerprint density at radius 1 is 1.09 bits per heavy atom. The van der Waals surface area contributed by atoms with Gasteiger partial charge in [-0.05, 0) is 6.42 Å². The van der Waals surface area contributed by atoms with Crippen molar-refractivity contribution in [2.24, 2.45) is 0 Å². The van der Waals surface area contributed by atoms with E-state index in [4.69, 9.17) is 5.11 Å². The Bertz CT molecular complexity index is 393. The lowest BCUT2D eigenvalue weighted by Crippen LogP contribution is -2.34. The number of unbranched alkanes of at least 4 members (excludes halogenated alkanes) is 5. The molecule has 8 heteroatoms. The lowest BCUT2D eigenvalue weighted by molar-refractivity contribution is -0.698. The lowest BCUT2D eigenvalue weighted by atomic mass is 10.1. The van der Waals surface area contributed by atoms with E-state index in [9.17, 15) is 17.3 Å². The minimum Gasteiger partial charge on any atom is -0.418 e. The normalized spacial score (nSPS) is 11.2. The van der Waals surface area contributed by atoms with Crippen molar-refractivity contribution in [3.8, 4) is 0 Å². The number of aliphatic hydroxyl groups is 1. The molecule has 22 heavy (non-hydrogen) atoms. The van der Waals surface area contributed by atoms with Gasteiger partial charge in [-0.25, -0.2) is 0 Å². The summed E-state index contributed by atoms with van der Waals surface area (Å²) in [6, 6.07) is 0. The van der Waals surface area contributed by atoms with Crippen molar-refractivity contribution in [2.45, 2.75) is 65.3 Å². The third-order valence-electron chi connectivity index (χ3n) is 3.25. The van der Waals surface area contributed by atoms with Crippen LogP contribution in [0.2, 0.25) is 0 Å².